The molecule has 5 nitrogen and oxygen atoms in total. The Morgan fingerprint density at radius 2 is 2.24 bits per heavy atom. The number of hydrogen-bond donors (Lipinski definition) is 2. The molecule has 2 aromatic heterocycles. The van der Waals surface area contributed by atoms with Crippen LogP contribution in [0.2, 0.25) is 0 Å². The second kappa shape index (κ2) is 4.33. The molecule has 0 aromatic carbocycles. The number of aliphatic hydroxyl groups is 1. The molecule has 2 heterocycles. The molecule has 0 amide bonds. The molecule has 0 radical (unpaired) electrons. The van der Waals surface area contributed by atoms with Crippen LogP contribution >= 0.6 is 0 Å². The Bertz CT molecular complexity index is 516. The zero-order valence-electron chi connectivity index (χ0n) is 10.4. The summed E-state index contributed by atoms with van der Waals surface area (Å²) in [4.78, 5) is 4.17. The summed E-state index contributed by atoms with van der Waals surface area (Å²) in [6, 6.07) is 3.98. The van der Waals surface area contributed by atoms with Gasteiger partial charge in [0, 0.05) is 0 Å². The summed E-state index contributed by atoms with van der Waals surface area (Å²) in [5.74, 6) is 0.857. The maximum atomic E-state index is 9.43. The van der Waals surface area contributed by atoms with E-state index in [4.69, 9.17) is 0 Å². The van der Waals surface area contributed by atoms with E-state index in [9.17, 15) is 5.11 Å². The predicted molar refractivity (Wildman–Crippen MR) is 67.1 cm³/mol. The minimum absolute atomic E-state index is 0.0770. The molecule has 92 valence electrons. The lowest BCUT2D eigenvalue weighted by Crippen LogP contribution is -2.38. The molecule has 2 rings (SSSR count). The molecule has 0 bridgehead atoms. The van der Waals surface area contributed by atoms with Crippen molar-refractivity contribution in [2.75, 3.05) is 11.9 Å². The standard InChI is InChI=1S/C12H18N4O/c1-4-12(3,7-17)15-11-6-9(2)5-10-13-8-14-16(10)11/h5-6,8,15,17H,4,7H2,1-3H3. The van der Waals surface area contributed by atoms with Crippen molar-refractivity contribution in [3.05, 3.63) is 24.0 Å². The van der Waals surface area contributed by atoms with Gasteiger partial charge in [-0.25, -0.2) is 4.98 Å². The van der Waals surface area contributed by atoms with Crippen molar-refractivity contribution < 1.29 is 5.11 Å². The van der Waals surface area contributed by atoms with Crippen LogP contribution in [-0.2, 0) is 0 Å². The van der Waals surface area contributed by atoms with E-state index in [1.165, 1.54) is 6.33 Å². The van der Waals surface area contributed by atoms with Gasteiger partial charge in [-0.2, -0.15) is 9.61 Å². The summed E-state index contributed by atoms with van der Waals surface area (Å²) in [6.07, 6.45) is 2.36. The molecule has 2 N–H and O–H groups in total. The van der Waals surface area contributed by atoms with Crippen molar-refractivity contribution in [2.24, 2.45) is 0 Å². The van der Waals surface area contributed by atoms with E-state index < -0.39 is 0 Å². The Kier molecular flexibility index (Phi) is 3.02. The van der Waals surface area contributed by atoms with Crippen molar-refractivity contribution in [3.63, 3.8) is 0 Å². The number of anilines is 1. The topological polar surface area (TPSA) is 62.5 Å². The van der Waals surface area contributed by atoms with Crippen molar-refractivity contribution >= 4 is 11.5 Å². The van der Waals surface area contributed by atoms with Gasteiger partial charge in [-0.15, -0.1) is 0 Å². The lowest BCUT2D eigenvalue weighted by atomic mass is 10.0. The first-order chi connectivity index (χ1) is 8.08. The number of rotatable bonds is 4. The quantitative estimate of drug-likeness (QED) is 0.843. The molecule has 0 aliphatic rings. The second-order valence-corrected chi connectivity index (χ2v) is 4.65. The second-order valence-electron chi connectivity index (χ2n) is 4.65. The number of fused-ring (bicyclic) bond motifs is 1. The van der Waals surface area contributed by atoms with Gasteiger partial charge in [-0.1, -0.05) is 6.92 Å². The van der Waals surface area contributed by atoms with Crippen LogP contribution in [0.1, 0.15) is 25.8 Å². The zero-order valence-corrected chi connectivity index (χ0v) is 10.4. The summed E-state index contributed by atoms with van der Waals surface area (Å²) in [5.41, 5.74) is 1.58. The minimum atomic E-state index is -0.341. The SMILES string of the molecule is CCC(C)(CO)Nc1cc(C)cc2ncnn12. The number of aromatic nitrogens is 3. The first kappa shape index (κ1) is 11.9. The minimum Gasteiger partial charge on any atom is -0.394 e. The van der Waals surface area contributed by atoms with Gasteiger partial charge in [0.2, 0.25) is 0 Å². The number of aliphatic hydroxyl groups excluding tert-OH is 1. The van der Waals surface area contributed by atoms with Gasteiger partial charge in [-0.05, 0) is 38.0 Å². The van der Waals surface area contributed by atoms with E-state index in [-0.39, 0.29) is 12.1 Å². The van der Waals surface area contributed by atoms with Crippen LogP contribution in [0.5, 0.6) is 0 Å². The molecule has 5 heteroatoms. The first-order valence-electron chi connectivity index (χ1n) is 5.77. The molecule has 0 saturated carbocycles. The molecule has 0 spiro atoms. The monoisotopic (exact) mass is 234 g/mol. The molecule has 0 fully saturated rings. The Balaban J connectivity index is 2.44. The third kappa shape index (κ3) is 2.24. The van der Waals surface area contributed by atoms with Crippen molar-refractivity contribution in [2.45, 2.75) is 32.7 Å². The maximum absolute atomic E-state index is 9.43. The highest BCUT2D eigenvalue weighted by Crippen LogP contribution is 2.20. The van der Waals surface area contributed by atoms with E-state index in [1.54, 1.807) is 4.52 Å². The Hall–Kier alpha value is -1.62. The maximum Gasteiger partial charge on any atom is 0.157 e. The van der Waals surface area contributed by atoms with Gasteiger partial charge in [0.05, 0.1) is 12.1 Å². The highest BCUT2D eigenvalue weighted by atomic mass is 16.3. The van der Waals surface area contributed by atoms with Crippen LogP contribution in [0, 0.1) is 6.92 Å². The van der Waals surface area contributed by atoms with Crippen LogP contribution in [0.3, 0.4) is 0 Å². The van der Waals surface area contributed by atoms with Gasteiger partial charge in [0.25, 0.3) is 0 Å². The number of nitrogens with zero attached hydrogens (tertiary/aromatic N) is 3. The summed E-state index contributed by atoms with van der Waals surface area (Å²) < 4.78 is 1.75. The lowest BCUT2D eigenvalue weighted by Gasteiger charge is -2.28. The molecule has 1 atom stereocenters. The molecule has 0 aliphatic heterocycles. The highest BCUT2D eigenvalue weighted by molar-refractivity contribution is 5.52. The number of nitrogens with one attached hydrogen (secondary N) is 1. The number of pyridine rings is 1. The Morgan fingerprint density at radius 1 is 1.47 bits per heavy atom. The summed E-state index contributed by atoms with van der Waals surface area (Å²) >= 11 is 0. The molecule has 17 heavy (non-hydrogen) atoms. The lowest BCUT2D eigenvalue weighted by molar-refractivity contribution is 0.218. The molecule has 1 unspecified atom stereocenters. The molecular formula is C12H18N4O. The van der Waals surface area contributed by atoms with Gasteiger partial charge >= 0.3 is 0 Å². The fourth-order valence-electron chi connectivity index (χ4n) is 1.69. The Labute approximate surface area is 100 Å². The van der Waals surface area contributed by atoms with E-state index in [0.717, 1.165) is 23.4 Å². The number of hydrogen-bond acceptors (Lipinski definition) is 4. The fourth-order valence-corrected chi connectivity index (χ4v) is 1.69. The largest absolute Gasteiger partial charge is 0.394 e. The third-order valence-corrected chi connectivity index (χ3v) is 3.08. The van der Waals surface area contributed by atoms with Crippen LogP contribution in [-0.4, -0.2) is 31.9 Å². The summed E-state index contributed by atoms with van der Waals surface area (Å²) in [5, 5.41) is 16.9. The molecule has 0 saturated heterocycles. The van der Waals surface area contributed by atoms with E-state index in [2.05, 4.69) is 15.4 Å². The third-order valence-electron chi connectivity index (χ3n) is 3.08. The van der Waals surface area contributed by atoms with Crippen molar-refractivity contribution in [1.29, 1.82) is 0 Å². The smallest absolute Gasteiger partial charge is 0.157 e. The van der Waals surface area contributed by atoms with E-state index in [1.807, 2.05) is 32.9 Å². The molecule has 0 aliphatic carbocycles. The van der Waals surface area contributed by atoms with E-state index in [0.29, 0.717) is 0 Å². The van der Waals surface area contributed by atoms with Crippen molar-refractivity contribution in [1.82, 2.24) is 14.6 Å². The van der Waals surface area contributed by atoms with E-state index >= 15 is 0 Å². The predicted octanol–water partition coefficient (Wildman–Crippen LogP) is 1.61. The van der Waals surface area contributed by atoms with Crippen molar-refractivity contribution in [3.8, 4) is 0 Å². The van der Waals surface area contributed by atoms with Crippen LogP contribution in [0.25, 0.3) is 5.65 Å². The zero-order chi connectivity index (χ0) is 12.5. The van der Waals surface area contributed by atoms with Crippen LogP contribution in [0.4, 0.5) is 5.82 Å². The van der Waals surface area contributed by atoms with Gasteiger partial charge in [-0.3, -0.25) is 0 Å². The number of aryl methyl sites for hydroxylation is 1. The van der Waals surface area contributed by atoms with Gasteiger partial charge in [0.1, 0.15) is 12.1 Å². The summed E-state index contributed by atoms with van der Waals surface area (Å²) in [6.45, 7) is 6.12. The van der Waals surface area contributed by atoms with Gasteiger partial charge in [0.15, 0.2) is 5.65 Å². The fraction of sp³-hybridized carbons (Fsp3) is 0.500. The highest BCUT2D eigenvalue weighted by Gasteiger charge is 2.21. The molecule has 2 aromatic rings. The van der Waals surface area contributed by atoms with Gasteiger partial charge < -0.3 is 10.4 Å². The Morgan fingerprint density at radius 3 is 2.88 bits per heavy atom. The van der Waals surface area contributed by atoms with Crippen LogP contribution in [0.15, 0.2) is 18.5 Å². The normalized spacial score (nSPS) is 14.8. The van der Waals surface area contributed by atoms with Crippen LogP contribution < -0.4 is 5.32 Å². The first-order valence-corrected chi connectivity index (χ1v) is 5.77. The summed E-state index contributed by atoms with van der Waals surface area (Å²) in [7, 11) is 0. The average Bonchev–Trinajstić information content (AvgIpc) is 2.77. The molecular weight excluding hydrogens is 216 g/mol. The average molecular weight is 234 g/mol.